The Balaban J connectivity index is 1.75. The summed E-state index contributed by atoms with van der Waals surface area (Å²) in [6.45, 7) is 1.02. The predicted molar refractivity (Wildman–Crippen MR) is 83.9 cm³/mol. The van der Waals surface area contributed by atoms with Gasteiger partial charge in [-0.25, -0.2) is 0 Å². The van der Waals surface area contributed by atoms with Gasteiger partial charge in [0, 0.05) is 24.4 Å². The summed E-state index contributed by atoms with van der Waals surface area (Å²) in [5.74, 6) is 1.04. The first kappa shape index (κ1) is 12.7. The van der Waals surface area contributed by atoms with Gasteiger partial charge < -0.3 is 5.32 Å². The molecule has 2 aromatic rings. The van der Waals surface area contributed by atoms with Gasteiger partial charge in [0.2, 0.25) is 0 Å². The molecule has 0 bridgehead atoms. The molecule has 2 aliphatic rings. The Hall–Kier alpha value is -1.02. The Morgan fingerprint density at radius 1 is 1.00 bits per heavy atom. The molecule has 0 amide bonds. The van der Waals surface area contributed by atoms with Crippen LogP contribution in [0, 0.1) is 0 Å². The van der Waals surface area contributed by atoms with Crippen molar-refractivity contribution in [2.75, 3.05) is 6.54 Å². The highest BCUT2D eigenvalue weighted by atomic mass is 35.5. The van der Waals surface area contributed by atoms with Crippen LogP contribution in [0.5, 0.6) is 0 Å². The van der Waals surface area contributed by atoms with Crippen molar-refractivity contribution in [3.63, 3.8) is 0 Å². The summed E-state index contributed by atoms with van der Waals surface area (Å²) in [4.78, 5) is 0. The molecule has 1 N–H and O–H groups in total. The van der Waals surface area contributed by atoms with Crippen molar-refractivity contribution < 1.29 is 0 Å². The minimum atomic E-state index is 0.485. The molecule has 0 spiro atoms. The molecule has 1 aliphatic carbocycles. The van der Waals surface area contributed by atoms with Crippen molar-refractivity contribution in [3.8, 4) is 0 Å². The number of halogens is 2. The standard InChI is InChI=1S/C17H15Cl2N/c18-14-6-5-11(7-15(14)19)13-9-20-16-8-10-3-1-2-4-12(10)17(13)16/h1-7,13,16-17,20H,8-9H2. The molecule has 1 fully saturated rings. The largest absolute Gasteiger partial charge is 0.312 e. The summed E-state index contributed by atoms with van der Waals surface area (Å²) in [6, 6.07) is 15.4. The summed E-state index contributed by atoms with van der Waals surface area (Å²) < 4.78 is 0. The van der Waals surface area contributed by atoms with Crippen LogP contribution in [0.25, 0.3) is 0 Å². The predicted octanol–water partition coefficient (Wildman–Crippen LogP) is 4.39. The molecule has 2 aromatic carbocycles. The quantitative estimate of drug-likeness (QED) is 0.824. The maximum Gasteiger partial charge on any atom is 0.0595 e. The number of hydrogen-bond donors (Lipinski definition) is 1. The van der Waals surface area contributed by atoms with Gasteiger partial charge in [-0.2, -0.15) is 0 Å². The summed E-state index contributed by atoms with van der Waals surface area (Å²) in [5, 5.41) is 4.95. The van der Waals surface area contributed by atoms with Gasteiger partial charge in [-0.05, 0) is 35.2 Å². The molecule has 102 valence electrons. The van der Waals surface area contributed by atoms with E-state index >= 15 is 0 Å². The maximum absolute atomic E-state index is 6.18. The topological polar surface area (TPSA) is 12.0 Å². The zero-order chi connectivity index (χ0) is 13.7. The van der Waals surface area contributed by atoms with Crippen LogP contribution >= 0.6 is 23.2 Å². The zero-order valence-electron chi connectivity index (χ0n) is 10.9. The lowest BCUT2D eigenvalue weighted by Gasteiger charge is -2.20. The lowest BCUT2D eigenvalue weighted by Crippen LogP contribution is -2.23. The van der Waals surface area contributed by atoms with Gasteiger partial charge in [0.25, 0.3) is 0 Å². The average Bonchev–Trinajstić information content (AvgIpc) is 3.00. The molecule has 1 saturated heterocycles. The molecule has 1 heterocycles. The van der Waals surface area contributed by atoms with Crippen molar-refractivity contribution in [3.05, 3.63) is 69.2 Å². The first-order chi connectivity index (χ1) is 9.74. The SMILES string of the molecule is Clc1ccc(C2CNC3Cc4ccccc4C32)cc1Cl. The van der Waals surface area contributed by atoms with Crippen LogP contribution in [0.3, 0.4) is 0 Å². The Morgan fingerprint density at radius 2 is 1.85 bits per heavy atom. The van der Waals surface area contributed by atoms with Gasteiger partial charge >= 0.3 is 0 Å². The van der Waals surface area contributed by atoms with E-state index in [9.17, 15) is 0 Å². The van der Waals surface area contributed by atoms with Crippen LogP contribution in [0.4, 0.5) is 0 Å². The van der Waals surface area contributed by atoms with Crippen LogP contribution in [0.2, 0.25) is 10.0 Å². The number of rotatable bonds is 1. The normalized spacial score (nSPS) is 27.4. The third-order valence-electron chi connectivity index (χ3n) is 4.69. The fourth-order valence-corrected chi connectivity index (χ4v) is 4.10. The van der Waals surface area contributed by atoms with E-state index in [0.717, 1.165) is 13.0 Å². The first-order valence-electron chi connectivity index (χ1n) is 7.00. The molecule has 1 nitrogen and oxygen atoms in total. The van der Waals surface area contributed by atoms with Gasteiger partial charge in [0.15, 0.2) is 0 Å². The molecule has 3 unspecified atom stereocenters. The second-order valence-electron chi connectivity index (χ2n) is 5.72. The molecule has 4 rings (SSSR count). The van der Waals surface area contributed by atoms with Gasteiger partial charge in [-0.1, -0.05) is 53.5 Å². The van der Waals surface area contributed by atoms with Crippen molar-refractivity contribution in [2.24, 2.45) is 0 Å². The molecule has 0 saturated carbocycles. The number of nitrogens with one attached hydrogen (secondary N) is 1. The third kappa shape index (κ3) is 1.88. The summed E-state index contributed by atoms with van der Waals surface area (Å²) in [5.41, 5.74) is 4.27. The van der Waals surface area contributed by atoms with Crippen LogP contribution in [0.1, 0.15) is 28.5 Å². The van der Waals surface area contributed by atoms with E-state index in [1.54, 1.807) is 0 Å². The van der Waals surface area contributed by atoms with Crippen molar-refractivity contribution >= 4 is 23.2 Å². The van der Waals surface area contributed by atoms with Crippen LogP contribution in [-0.2, 0) is 6.42 Å². The van der Waals surface area contributed by atoms with Gasteiger partial charge in [0.05, 0.1) is 10.0 Å². The Bertz CT molecular complexity index is 668. The molecule has 0 radical (unpaired) electrons. The maximum atomic E-state index is 6.18. The minimum Gasteiger partial charge on any atom is -0.312 e. The van der Waals surface area contributed by atoms with Crippen LogP contribution in [-0.4, -0.2) is 12.6 Å². The summed E-state index contributed by atoms with van der Waals surface area (Å²) >= 11 is 12.2. The van der Waals surface area contributed by atoms with Crippen LogP contribution in [0.15, 0.2) is 42.5 Å². The summed E-state index contributed by atoms with van der Waals surface area (Å²) in [6.07, 6.45) is 1.14. The third-order valence-corrected chi connectivity index (χ3v) is 5.43. The van der Waals surface area contributed by atoms with Crippen molar-refractivity contribution in [1.29, 1.82) is 0 Å². The highest BCUT2D eigenvalue weighted by Gasteiger charge is 2.42. The molecule has 20 heavy (non-hydrogen) atoms. The van der Waals surface area contributed by atoms with E-state index < -0.39 is 0 Å². The molecule has 3 heteroatoms. The minimum absolute atomic E-state index is 0.485. The number of fused-ring (bicyclic) bond motifs is 3. The Labute approximate surface area is 128 Å². The molecular weight excluding hydrogens is 289 g/mol. The Kier molecular flexibility index (Phi) is 3.03. The highest BCUT2D eigenvalue weighted by Crippen LogP contribution is 2.46. The molecule has 0 aromatic heterocycles. The second-order valence-corrected chi connectivity index (χ2v) is 6.54. The monoisotopic (exact) mass is 303 g/mol. The number of hydrogen-bond acceptors (Lipinski definition) is 1. The van der Waals surface area contributed by atoms with E-state index in [-0.39, 0.29) is 0 Å². The van der Waals surface area contributed by atoms with E-state index in [0.29, 0.717) is 27.9 Å². The fraction of sp³-hybridized carbons (Fsp3) is 0.294. The first-order valence-corrected chi connectivity index (χ1v) is 7.76. The molecule has 3 atom stereocenters. The van der Waals surface area contributed by atoms with Gasteiger partial charge in [-0.15, -0.1) is 0 Å². The lowest BCUT2D eigenvalue weighted by molar-refractivity contribution is 0.571. The summed E-state index contributed by atoms with van der Waals surface area (Å²) in [7, 11) is 0. The van der Waals surface area contributed by atoms with Crippen molar-refractivity contribution in [2.45, 2.75) is 24.3 Å². The van der Waals surface area contributed by atoms with Gasteiger partial charge in [0.1, 0.15) is 0 Å². The highest BCUT2D eigenvalue weighted by molar-refractivity contribution is 6.42. The second kappa shape index (κ2) is 4.77. The van der Waals surface area contributed by atoms with E-state index in [1.165, 1.54) is 16.7 Å². The van der Waals surface area contributed by atoms with Crippen molar-refractivity contribution in [1.82, 2.24) is 5.32 Å². The van der Waals surface area contributed by atoms with E-state index in [1.807, 2.05) is 12.1 Å². The zero-order valence-corrected chi connectivity index (χ0v) is 12.5. The molecular formula is C17H15Cl2N. The van der Waals surface area contributed by atoms with E-state index in [2.05, 4.69) is 35.6 Å². The van der Waals surface area contributed by atoms with Crippen LogP contribution < -0.4 is 5.32 Å². The fourth-order valence-electron chi connectivity index (χ4n) is 3.80. The Morgan fingerprint density at radius 3 is 2.70 bits per heavy atom. The van der Waals surface area contributed by atoms with E-state index in [4.69, 9.17) is 23.2 Å². The number of benzene rings is 2. The lowest BCUT2D eigenvalue weighted by atomic mass is 9.84. The average molecular weight is 304 g/mol. The van der Waals surface area contributed by atoms with Gasteiger partial charge in [-0.3, -0.25) is 0 Å². The molecule has 1 aliphatic heterocycles. The smallest absolute Gasteiger partial charge is 0.0595 e.